The maximum Gasteiger partial charge on any atom is 0.319 e. The zero-order valence-corrected chi connectivity index (χ0v) is 27.9. The van der Waals surface area contributed by atoms with E-state index in [0.717, 1.165) is 59.4 Å². The Morgan fingerprint density at radius 3 is 2.21 bits per heavy atom. The van der Waals surface area contributed by atoms with Crippen molar-refractivity contribution < 1.29 is 29.6 Å². The van der Waals surface area contributed by atoms with Gasteiger partial charge in [0.1, 0.15) is 5.75 Å². The van der Waals surface area contributed by atoms with E-state index in [-0.39, 0.29) is 42.1 Å². The number of hydrogen-bond donors (Lipinski definition) is 5. The summed E-state index contributed by atoms with van der Waals surface area (Å²) in [4.78, 5) is 15.2. The second-order valence-electron chi connectivity index (χ2n) is 15.1. The normalized spacial score (nSPS) is 31.5. The van der Waals surface area contributed by atoms with Gasteiger partial charge >= 0.3 is 6.03 Å². The molecule has 5 aliphatic rings. The minimum atomic E-state index is -0.768. The van der Waals surface area contributed by atoms with E-state index >= 15 is 0 Å². The summed E-state index contributed by atoms with van der Waals surface area (Å²) in [5.41, 5.74) is 4.01. The molecule has 2 amide bonds. The van der Waals surface area contributed by atoms with E-state index in [9.17, 15) is 20.1 Å². The molecule has 256 valence electrons. The number of anilines is 1. The van der Waals surface area contributed by atoms with E-state index in [4.69, 9.17) is 9.47 Å². The molecular weight excluding hydrogens is 606 g/mol. The summed E-state index contributed by atoms with van der Waals surface area (Å²) in [6, 6.07) is 22.1. The number of phenols is 1. The van der Waals surface area contributed by atoms with Crippen molar-refractivity contribution in [2.45, 2.75) is 82.2 Å². The fraction of sp³-hybridized carbons (Fsp3) is 0.513. The molecule has 5 fully saturated rings. The molecule has 1 heterocycles. The molecule has 0 unspecified atom stereocenters. The van der Waals surface area contributed by atoms with Gasteiger partial charge in [-0.2, -0.15) is 0 Å². The highest BCUT2D eigenvalue weighted by molar-refractivity contribution is 5.89. The number of carbonyl (C=O) groups is 1. The molecule has 8 rings (SSSR count). The van der Waals surface area contributed by atoms with E-state index in [0.29, 0.717) is 18.7 Å². The fourth-order valence-corrected chi connectivity index (χ4v) is 9.23. The Morgan fingerprint density at radius 1 is 0.938 bits per heavy atom. The van der Waals surface area contributed by atoms with Crippen LogP contribution in [0, 0.1) is 23.7 Å². The smallest absolute Gasteiger partial charge is 0.319 e. The molecule has 3 aromatic rings. The zero-order chi connectivity index (χ0) is 33.4. The van der Waals surface area contributed by atoms with Gasteiger partial charge in [0, 0.05) is 35.8 Å². The number of amides is 2. The van der Waals surface area contributed by atoms with Gasteiger partial charge in [0.25, 0.3) is 0 Å². The number of likely N-dealkylation sites (N-methyl/N-ethyl adjacent to an activating group) is 1. The van der Waals surface area contributed by atoms with E-state index in [1.165, 1.54) is 19.3 Å². The van der Waals surface area contributed by atoms with E-state index in [1.807, 2.05) is 60.5 Å². The first-order chi connectivity index (χ1) is 23.1. The van der Waals surface area contributed by atoms with Crippen molar-refractivity contribution >= 4 is 11.7 Å². The van der Waals surface area contributed by atoms with Crippen molar-refractivity contribution in [2.75, 3.05) is 25.5 Å². The Hall–Kier alpha value is -3.47. The van der Waals surface area contributed by atoms with Crippen LogP contribution in [0.15, 0.2) is 72.8 Å². The second-order valence-corrected chi connectivity index (χ2v) is 15.1. The highest BCUT2D eigenvalue weighted by Crippen LogP contribution is 2.55. The average molecular weight is 656 g/mol. The summed E-state index contributed by atoms with van der Waals surface area (Å²) in [5.74, 6) is 2.39. The van der Waals surface area contributed by atoms with Crippen LogP contribution in [0.3, 0.4) is 0 Å². The number of urea groups is 1. The summed E-state index contributed by atoms with van der Waals surface area (Å²) < 4.78 is 13.2. The van der Waals surface area contributed by atoms with Gasteiger partial charge in [-0.05, 0) is 104 Å². The van der Waals surface area contributed by atoms with Gasteiger partial charge in [-0.1, -0.05) is 55.5 Å². The summed E-state index contributed by atoms with van der Waals surface area (Å²) in [7, 11) is 1.95. The third-order valence-electron chi connectivity index (χ3n) is 11.2. The molecular formula is C39H49N3O6. The van der Waals surface area contributed by atoms with E-state index in [2.05, 4.69) is 17.6 Å². The third-order valence-corrected chi connectivity index (χ3v) is 11.2. The van der Waals surface area contributed by atoms with Crippen LogP contribution < -0.4 is 10.6 Å². The average Bonchev–Trinajstić information content (AvgIpc) is 3.05. The van der Waals surface area contributed by atoms with Crippen molar-refractivity contribution in [1.29, 1.82) is 0 Å². The predicted octanol–water partition coefficient (Wildman–Crippen LogP) is 6.43. The van der Waals surface area contributed by atoms with Crippen LogP contribution in [0.25, 0.3) is 0 Å². The monoisotopic (exact) mass is 655 g/mol. The van der Waals surface area contributed by atoms with Crippen molar-refractivity contribution in [3.05, 3.63) is 95.1 Å². The number of nitrogens with one attached hydrogen (secondary N) is 2. The lowest BCUT2D eigenvalue weighted by atomic mass is 9.53. The van der Waals surface area contributed by atoms with Crippen molar-refractivity contribution in [3.63, 3.8) is 0 Å². The SMILES string of the molecule is C[C@H]1[C@@H](CN(C)C[C@@H](O)c2cccc(O)c2)O[C@@H](c2ccc(NC(=O)NC34CC5CC(CC(C5)C3)C4)cc2)O[C@H]1c1ccc(CO)cc1. The first kappa shape index (κ1) is 33.0. The number of carbonyl (C=O) groups excluding carboxylic acids is 1. The first-order valence-corrected chi connectivity index (χ1v) is 17.5. The number of ether oxygens (including phenoxy) is 2. The maximum absolute atomic E-state index is 13.2. The number of hydrogen-bond acceptors (Lipinski definition) is 7. The molecule has 4 aliphatic carbocycles. The molecule has 9 nitrogen and oxygen atoms in total. The van der Waals surface area contributed by atoms with E-state index < -0.39 is 12.4 Å². The van der Waals surface area contributed by atoms with Crippen molar-refractivity contribution in [3.8, 4) is 5.75 Å². The van der Waals surface area contributed by atoms with Gasteiger partial charge in [0.2, 0.25) is 0 Å². The van der Waals surface area contributed by atoms with Crippen LogP contribution in [0.2, 0.25) is 0 Å². The van der Waals surface area contributed by atoms with Crippen LogP contribution in [-0.4, -0.2) is 58.0 Å². The molecule has 3 aromatic carbocycles. The third kappa shape index (κ3) is 7.26. The van der Waals surface area contributed by atoms with Crippen LogP contribution in [-0.2, 0) is 16.1 Å². The molecule has 1 aliphatic heterocycles. The number of aliphatic hydroxyl groups is 2. The van der Waals surface area contributed by atoms with Gasteiger partial charge in [0.05, 0.1) is 24.9 Å². The lowest BCUT2D eigenvalue weighted by Crippen LogP contribution is -2.60. The Bertz CT molecular complexity index is 1530. The van der Waals surface area contributed by atoms with Gasteiger partial charge in [-0.15, -0.1) is 0 Å². The molecule has 5 N–H and O–H groups in total. The van der Waals surface area contributed by atoms with Crippen molar-refractivity contribution in [1.82, 2.24) is 10.2 Å². The Balaban J connectivity index is 1.03. The van der Waals surface area contributed by atoms with Crippen LogP contribution >= 0.6 is 0 Å². The molecule has 1 saturated heterocycles. The van der Waals surface area contributed by atoms with Crippen LogP contribution in [0.5, 0.6) is 5.75 Å². The van der Waals surface area contributed by atoms with E-state index in [1.54, 1.807) is 24.3 Å². The number of benzene rings is 3. The fourth-order valence-electron chi connectivity index (χ4n) is 9.23. The van der Waals surface area contributed by atoms with Crippen molar-refractivity contribution in [2.24, 2.45) is 23.7 Å². The molecule has 0 spiro atoms. The predicted molar refractivity (Wildman–Crippen MR) is 183 cm³/mol. The second kappa shape index (κ2) is 13.8. The topological polar surface area (TPSA) is 124 Å². The standard InChI is InChI=1S/C39H49N3O6/c1-24-35(22-42(2)21-34(45)31-4-3-5-33(44)17-31)47-37(48-36(24)29-8-6-25(23-43)7-9-29)30-10-12-32(13-11-30)40-38(46)41-39-18-26-14-27(19-39)16-28(15-26)20-39/h3-13,17,24,26-28,34-37,43-45H,14-16,18-23H2,1-2H3,(H2,40,41,46)/t24-,26?,27?,28?,34+,35+,36+,37+,39?/m0/s1. The Labute approximate surface area is 283 Å². The minimum absolute atomic E-state index is 0.0178. The lowest BCUT2D eigenvalue weighted by molar-refractivity contribution is -0.276. The molecule has 0 radical (unpaired) electrons. The molecule has 5 atom stereocenters. The molecule has 9 heteroatoms. The first-order valence-electron chi connectivity index (χ1n) is 17.5. The highest BCUT2D eigenvalue weighted by atomic mass is 16.7. The lowest BCUT2D eigenvalue weighted by Gasteiger charge is -2.56. The van der Waals surface area contributed by atoms with Crippen LogP contribution in [0.1, 0.15) is 86.2 Å². The number of rotatable bonds is 10. The van der Waals surface area contributed by atoms with Gasteiger partial charge in [0.15, 0.2) is 6.29 Å². The minimum Gasteiger partial charge on any atom is -0.508 e. The quantitative estimate of drug-likeness (QED) is 0.171. The Morgan fingerprint density at radius 2 is 1.58 bits per heavy atom. The molecule has 4 saturated carbocycles. The number of nitrogens with zero attached hydrogens (tertiary/aromatic N) is 1. The maximum atomic E-state index is 13.2. The summed E-state index contributed by atoms with van der Waals surface area (Å²) >= 11 is 0. The molecule has 4 bridgehead atoms. The summed E-state index contributed by atoms with van der Waals surface area (Å²) in [5, 5.41) is 36.8. The largest absolute Gasteiger partial charge is 0.508 e. The van der Waals surface area contributed by atoms with Crippen LogP contribution in [0.4, 0.5) is 10.5 Å². The molecule has 0 aromatic heterocycles. The number of phenolic OH excluding ortho intramolecular Hbond substituents is 1. The molecule has 48 heavy (non-hydrogen) atoms. The van der Waals surface area contributed by atoms with Gasteiger partial charge in [-0.3, -0.25) is 0 Å². The Kier molecular flexibility index (Phi) is 9.50. The number of aromatic hydroxyl groups is 1. The summed E-state index contributed by atoms with van der Waals surface area (Å²) in [6.07, 6.45) is 5.41. The van der Waals surface area contributed by atoms with Gasteiger partial charge in [-0.25, -0.2) is 4.79 Å². The zero-order valence-electron chi connectivity index (χ0n) is 27.9. The summed E-state index contributed by atoms with van der Waals surface area (Å²) in [6.45, 7) is 3.00. The van der Waals surface area contributed by atoms with Gasteiger partial charge < -0.3 is 40.3 Å². The highest BCUT2D eigenvalue weighted by Gasteiger charge is 2.51. The number of aliphatic hydroxyl groups excluding tert-OH is 2.